The molecule has 3 heteroatoms. The molecule has 2 nitrogen and oxygen atoms in total. The van der Waals surface area contributed by atoms with Crippen LogP contribution in [0.15, 0.2) is 169 Å². The molecule has 0 saturated carbocycles. The van der Waals surface area contributed by atoms with Crippen molar-refractivity contribution in [2.24, 2.45) is 0 Å². The molecule has 9 rings (SSSR count). The highest BCUT2D eigenvalue weighted by atomic mass is 32.1. The number of hydrogen-bond donors (Lipinski definition) is 0. The molecule has 0 unspecified atom stereocenters. The van der Waals surface area contributed by atoms with E-state index < -0.39 is 0 Å². The number of thiophene rings is 1. The van der Waals surface area contributed by atoms with E-state index in [1.54, 1.807) is 11.3 Å². The number of pyridine rings is 1. The van der Waals surface area contributed by atoms with Crippen LogP contribution in [0, 0.1) is 0 Å². The van der Waals surface area contributed by atoms with Crippen LogP contribution in [-0.4, -0.2) is 9.61 Å². The molecule has 9 aromatic rings. The first-order valence-corrected chi connectivity index (χ1v) is 16.4. The van der Waals surface area contributed by atoms with Crippen molar-refractivity contribution in [3.63, 3.8) is 0 Å². The van der Waals surface area contributed by atoms with E-state index in [9.17, 15) is 0 Å². The van der Waals surface area contributed by atoms with Gasteiger partial charge in [-0.05, 0) is 73.6 Å². The Kier molecular flexibility index (Phi) is 6.36. The van der Waals surface area contributed by atoms with Gasteiger partial charge in [-0.25, -0.2) is 4.52 Å². The smallest absolute Gasteiger partial charge is 0.101 e. The van der Waals surface area contributed by atoms with Crippen molar-refractivity contribution >= 4 is 38.4 Å². The average molecular weight is 605 g/mol. The molecule has 0 amide bonds. The highest BCUT2D eigenvalue weighted by Gasteiger charge is 2.22. The summed E-state index contributed by atoms with van der Waals surface area (Å²) in [5, 5.41) is 12.5. The Morgan fingerprint density at radius 2 is 1.11 bits per heavy atom. The second kappa shape index (κ2) is 11.0. The van der Waals surface area contributed by atoms with Gasteiger partial charge in [0.25, 0.3) is 0 Å². The van der Waals surface area contributed by atoms with Crippen molar-refractivity contribution in [1.82, 2.24) is 9.61 Å². The maximum absolute atomic E-state index is 5.48. The first-order valence-electron chi connectivity index (χ1n) is 15.5. The largest absolute Gasteiger partial charge is 0.230 e. The lowest BCUT2D eigenvalue weighted by molar-refractivity contribution is 0.982. The van der Waals surface area contributed by atoms with Gasteiger partial charge in [-0.3, -0.25) is 0 Å². The van der Waals surface area contributed by atoms with Gasteiger partial charge in [0.1, 0.15) is 5.69 Å². The number of fused-ring (bicyclic) bond motifs is 4. The molecule has 0 aliphatic rings. The molecule has 0 aliphatic carbocycles. The molecule has 0 fully saturated rings. The van der Waals surface area contributed by atoms with Gasteiger partial charge in [0.2, 0.25) is 0 Å². The van der Waals surface area contributed by atoms with Crippen LogP contribution in [0.4, 0.5) is 0 Å². The fourth-order valence-corrected chi connectivity index (χ4v) is 7.49. The monoisotopic (exact) mass is 604 g/mol. The predicted molar refractivity (Wildman–Crippen MR) is 195 cm³/mol. The maximum Gasteiger partial charge on any atom is 0.101 e. The Hall–Kier alpha value is -5.77. The van der Waals surface area contributed by atoms with Gasteiger partial charge in [-0.2, -0.15) is 5.10 Å². The van der Waals surface area contributed by atoms with E-state index in [1.807, 2.05) is 0 Å². The lowest BCUT2D eigenvalue weighted by Gasteiger charge is -2.12. The fourth-order valence-electron chi connectivity index (χ4n) is 6.76. The van der Waals surface area contributed by atoms with E-state index in [2.05, 4.69) is 174 Å². The minimum Gasteiger partial charge on any atom is -0.230 e. The summed E-state index contributed by atoms with van der Waals surface area (Å²) in [6.45, 7) is 0. The lowest BCUT2D eigenvalue weighted by atomic mass is 9.92. The molecule has 46 heavy (non-hydrogen) atoms. The molecule has 3 aromatic heterocycles. The Labute approximate surface area is 271 Å². The van der Waals surface area contributed by atoms with Crippen LogP contribution in [0.1, 0.15) is 0 Å². The lowest BCUT2D eigenvalue weighted by Crippen LogP contribution is -1.94. The number of rotatable bonds is 5. The maximum atomic E-state index is 5.48. The standard InChI is InChI=1S/C43H28N2S/c1-2-12-29(13-3-1)31-17-8-20-35(26-31)42-41(34-19-9-18-32(27-34)37-23-10-16-30-14-4-6-21-36(30)37)43-38-22-7-5-15-33(38)28-39(45(43)44-42)40-24-11-25-46-40/h1-28H. The van der Waals surface area contributed by atoms with Crippen molar-refractivity contribution in [2.45, 2.75) is 0 Å². The summed E-state index contributed by atoms with van der Waals surface area (Å²) in [4.78, 5) is 1.19. The zero-order valence-electron chi connectivity index (χ0n) is 25.0. The molecule has 0 N–H and O–H groups in total. The molecule has 0 atom stereocenters. The van der Waals surface area contributed by atoms with Gasteiger partial charge >= 0.3 is 0 Å². The van der Waals surface area contributed by atoms with Gasteiger partial charge in [0.15, 0.2) is 0 Å². The van der Waals surface area contributed by atoms with Crippen LogP contribution < -0.4 is 0 Å². The van der Waals surface area contributed by atoms with E-state index in [0.29, 0.717) is 0 Å². The second-order valence-corrected chi connectivity index (χ2v) is 12.6. The summed E-state index contributed by atoms with van der Waals surface area (Å²) in [6, 6.07) is 58.9. The van der Waals surface area contributed by atoms with Crippen LogP contribution >= 0.6 is 11.3 Å². The molecule has 0 aliphatic heterocycles. The zero-order chi connectivity index (χ0) is 30.5. The molecule has 0 bridgehead atoms. The first kappa shape index (κ1) is 26.6. The summed E-state index contributed by atoms with van der Waals surface area (Å²) in [5.74, 6) is 0. The van der Waals surface area contributed by atoms with Gasteiger partial charge in [-0.1, -0.05) is 140 Å². The van der Waals surface area contributed by atoms with Crippen molar-refractivity contribution < 1.29 is 0 Å². The molecule has 216 valence electrons. The van der Waals surface area contributed by atoms with Crippen LogP contribution in [0.5, 0.6) is 0 Å². The Morgan fingerprint density at radius 3 is 1.96 bits per heavy atom. The second-order valence-electron chi connectivity index (χ2n) is 11.6. The topological polar surface area (TPSA) is 17.3 Å². The minimum atomic E-state index is 0.974. The number of hydrogen-bond acceptors (Lipinski definition) is 2. The summed E-state index contributed by atoms with van der Waals surface area (Å²) in [7, 11) is 0. The fraction of sp³-hybridized carbons (Fsp3) is 0. The van der Waals surface area contributed by atoms with Crippen molar-refractivity contribution in [3.05, 3.63) is 169 Å². The van der Waals surface area contributed by atoms with Crippen LogP contribution in [0.2, 0.25) is 0 Å². The van der Waals surface area contributed by atoms with E-state index in [0.717, 1.165) is 33.6 Å². The van der Waals surface area contributed by atoms with Gasteiger partial charge in [-0.15, -0.1) is 11.3 Å². The van der Waals surface area contributed by atoms with E-state index in [4.69, 9.17) is 5.10 Å². The Balaban J connectivity index is 1.37. The minimum absolute atomic E-state index is 0.974. The number of aromatic nitrogens is 2. The first-order chi connectivity index (χ1) is 22.8. The van der Waals surface area contributed by atoms with Crippen molar-refractivity contribution in [2.75, 3.05) is 0 Å². The highest BCUT2D eigenvalue weighted by molar-refractivity contribution is 7.13. The third-order valence-corrected chi connectivity index (χ3v) is 9.78. The van der Waals surface area contributed by atoms with Gasteiger partial charge < -0.3 is 0 Å². The Morgan fingerprint density at radius 1 is 0.457 bits per heavy atom. The van der Waals surface area contributed by atoms with Gasteiger partial charge in [0.05, 0.1) is 16.1 Å². The normalized spacial score (nSPS) is 11.5. The summed E-state index contributed by atoms with van der Waals surface area (Å²) >= 11 is 1.75. The van der Waals surface area contributed by atoms with E-state index >= 15 is 0 Å². The molecular formula is C43H28N2S. The average Bonchev–Trinajstić information content (AvgIpc) is 3.81. The summed E-state index contributed by atoms with van der Waals surface area (Å²) in [6.07, 6.45) is 0. The van der Waals surface area contributed by atoms with Gasteiger partial charge in [0, 0.05) is 16.5 Å². The molecule has 0 radical (unpaired) electrons. The van der Waals surface area contributed by atoms with Crippen LogP contribution in [0.3, 0.4) is 0 Å². The highest BCUT2D eigenvalue weighted by Crippen LogP contribution is 2.43. The Bertz CT molecular complexity index is 2520. The molecular weight excluding hydrogens is 577 g/mol. The molecule has 3 heterocycles. The third kappa shape index (κ3) is 4.44. The number of nitrogens with zero attached hydrogens (tertiary/aromatic N) is 2. The van der Waals surface area contributed by atoms with Crippen molar-refractivity contribution in [1.29, 1.82) is 0 Å². The molecule has 6 aromatic carbocycles. The SMILES string of the molecule is c1ccc(-c2cccc(-c3nn4c(-c5cccs5)cc5ccccc5c4c3-c3cccc(-c4cccc5ccccc45)c3)c2)cc1. The van der Waals surface area contributed by atoms with Crippen LogP contribution in [0.25, 0.3) is 82.3 Å². The zero-order valence-corrected chi connectivity index (χ0v) is 25.8. The van der Waals surface area contributed by atoms with Crippen molar-refractivity contribution in [3.8, 4) is 55.2 Å². The third-order valence-electron chi connectivity index (χ3n) is 8.89. The summed E-state index contributed by atoms with van der Waals surface area (Å²) in [5.41, 5.74) is 11.4. The quantitative estimate of drug-likeness (QED) is 0.191. The van der Waals surface area contributed by atoms with E-state index in [1.165, 1.54) is 48.7 Å². The van der Waals surface area contributed by atoms with Crippen LogP contribution in [-0.2, 0) is 0 Å². The number of benzene rings is 6. The van der Waals surface area contributed by atoms with E-state index in [-0.39, 0.29) is 0 Å². The summed E-state index contributed by atoms with van der Waals surface area (Å²) < 4.78 is 2.18. The molecule has 0 saturated heterocycles. The molecule has 0 spiro atoms. The predicted octanol–water partition coefficient (Wildman–Crippen LogP) is 12.0.